The zero-order valence-electron chi connectivity index (χ0n) is 9.91. The Balaban J connectivity index is 2.18. The van der Waals surface area contributed by atoms with E-state index in [1.807, 2.05) is 0 Å². The molecule has 0 atom stereocenters. The highest BCUT2D eigenvalue weighted by molar-refractivity contribution is 5.57. The number of aromatic nitrogens is 1. The molecule has 2 rings (SSSR count). The van der Waals surface area contributed by atoms with E-state index in [9.17, 15) is 13.2 Å². The summed E-state index contributed by atoms with van der Waals surface area (Å²) < 4.78 is 37.6. The van der Waals surface area contributed by atoms with Crippen LogP contribution < -0.4 is 11.1 Å². The molecule has 0 aliphatic heterocycles. The monoisotopic (exact) mass is 267 g/mol. The van der Waals surface area contributed by atoms with Gasteiger partial charge in [-0.25, -0.2) is 4.98 Å². The number of hydrogen-bond acceptors (Lipinski definition) is 3. The molecule has 0 radical (unpaired) electrons. The van der Waals surface area contributed by atoms with Crippen molar-refractivity contribution in [1.29, 1.82) is 0 Å². The molecule has 3 N–H and O–H groups in total. The van der Waals surface area contributed by atoms with Crippen LogP contribution in [0, 0.1) is 0 Å². The highest BCUT2D eigenvalue weighted by Crippen LogP contribution is 2.31. The van der Waals surface area contributed by atoms with Crippen LogP contribution in [0.3, 0.4) is 0 Å². The number of pyridine rings is 1. The third-order valence-corrected chi connectivity index (χ3v) is 2.52. The van der Waals surface area contributed by atoms with Crippen LogP contribution in [-0.4, -0.2) is 4.98 Å². The Morgan fingerprint density at radius 3 is 2.53 bits per heavy atom. The Bertz CT molecular complexity index is 550. The van der Waals surface area contributed by atoms with Crippen LogP contribution in [0.1, 0.15) is 11.1 Å². The summed E-state index contributed by atoms with van der Waals surface area (Å²) >= 11 is 0. The largest absolute Gasteiger partial charge is 0.416 e. The number of nitrogens with two attached hydrogens (primary N) is 1. The van der Waals surface area contributed by atoms with Gasteiger partial charge in [0.15, 0.2) is 0 Å². The minimum absolute atomic E-state index is 0.336. The molecule has 1 heterocycles. The molecule has 0 bridgehead atoms. The second kappa shape index (κ2) is 5.27. The summed E-state index contributed by atoms with van der Waals surface area (Å²) in [5.41, 5.74) is 5.93. The van der Waals surface area contributed by atoms with Crippen molar-refractivity contribution in [2.75, 3.05) is 5.32 Å². The highest BCUT2D eigenvalue weighted by atomic mass is 19.4. The lowest BCUT2D eigenvalue weighted by molar-refractivity contribution is -0.137. The van der Waals surface area contributed by atoms with Crippen LogP contribution in [0.5, 0.6) is 0 Å². The van der Waals surface area contributed by atoms with Crippen molar-refractivity contribution in [2.45, 2.75) is 12.7 Å². The fraction of sp³-hybridized carbons (Fsp3) is 0.154. The van der Waals surface area contributed by atoms with E-state index < -0.39 is 11.7 Å². The minimum Gasteiger partial charge on any atom is -0.340 e. The van der Waals surface area contributed by atoms with Crippen molar-refractivity contribution in [3.8, 4) is 0 Å². The lowest BCUT2D eigenvalue weighted by Gasteiger charge is -2.10. The first-order chi connectivity index (χ1) is 8.99. The number of hydrogen-bond donors (Lipinski definition) is 2. The van der Waals surface area contributed by atoms with E-state index in [0.717, 1.165) is 17.7 Å². The van der Waals surface area contributed by atoms with E-state index in [1.165, 1.54) is 6.07 Å². The zero-order chi connectivity index (χ0) is 13.9. The Kier molecular flexibility index (Phi) is 3.71. The molecule has 6 heteroatoms. The normalized spacial score (nSPS) is 11.4. The molecule has 0 unspecified atom stereocenters. The van der Waals surface area contributed by atoms with Gasteiger partial charge in [-0.15, -0.1) is 0 Å². The van der Waals surface area contributed by atoms with Gasteiger partial charge in [0.1, 0.15) is 5.82 Å². The van der Waals surface area contributed by atoms with E-state index in [4.69, 9.17) is 5.73 Å². The van der Waals surface area contributed by atoms with E-state index >= 15 is 0 Å². The summed E-state index contributed by atoms with van der Waals surface area (Å²) in [7, 11) is 0. The van der Waals surface area contributed by atoms with Gasteiger partial charge in [0.2, 0.25) is 0 Å². The smallest absolute Gasteiger partial charge is 0.340 e. The van der Waals surface area contributed by atoms with Crippen molar-refractivity contribution in [3.05, 3.63) is 53.7 Å². The maximum Gasteiger partial charge on any atom is 0.416 e. The summed E-state index contributed by atoms with van der Waals surface area (Å²) in [5, 5.41) is 2.82. The number of nitrogens with one attached hydrogen (secondary N) is 1. The Labute approximate surface area is 108 Å². The van der Waals surface area contributed by atoms with Crippen LogP contribution in [0.4, 0.5) is 24.7 Å². The first-order valence-corrected chi connectivity index (χ1v) is 5.58. The molecule has 0 saturated heterocycles. The summed E-state index contributed by atoms with van der Waals surface area (Å²) in [6.07, 6.45) is -2.77. The van der Waals surface area contributed by atoms with Crippen molar-refractivity contribution < 1.29 is 13.2 Å². The van der Waals surface area contributed by atoms with Gasteiger partial charge in [-0.1, -0.05) is 12.1 Å². The lowest BCUT2D eigenvalue weighted by Crippen LogP contribution is -2.05. The molecule has 1 aromatic heterocycles. The first-order valence-electron chi connectivity index (χ1n) is 5.58. The summed E-state index contributed by atoms with van der Waals surface area (Å²) in [6, 6.07) is 8.40. The van der Waals surface area contributed by atoms with Crippen LogP contribution in [0.25, 0.3) is 0 Å². The van der Waals surface area contributed by atoms with Gasteiger partial charge >= 0.3 is 6.18 Å². The molecule has 0 aliphatic carbocycles. The van der Waals surface area contributed by atoms with Gasteiger partial charge in [0.05, 0.1) is 5.56 Å². The van der Waals surface area contributed by atoms with Gasteiger partial charge in [-0.05, 0) is 29.8 Å². The third-order valence-electron chi connectivity index (χ3n) is 2.52. The fourth-order valence-electron chi connectivity index (χ4n) is 1.54. The quantitative estimate of drug-likeness (QED) is 0.897. The molecule has 1 aromatic carbocycles. The van der Waals surface area contributed by atoms with Crippen LogP contribution in [0.15, 0.2) is 42.6 Å². The standard InChI is InChI=1S/C13H12F3N3/c14-13(15,16)10-2-1-3-11(6-10)19-12-5-4-9(7-17)8-18-12/h1-6,8H,7,17H2,(H,18,19). The molecule has 0 fully saturated rings. The first kappa shape index (κ1) is 13.4. The van der Waals surface area contributed by atoms with Crippen LogP contribution >= 0.6 is 0 Å². The molecule has 100 valence electrons. The van der Waals surface area contributed by atoms with Crippen molar-refractivity contribution in [1.82, 2.24) is 4.98 Å². The van der Waals surface area contributed by atoms with Crippen LogP contribution in [0.2, 0.25) is 0 Å². The van der Waals surface area contributed by atoms with Crippen molar-refractivity contribution >= 4 is 11.5 Å². The SMILES string of the molecule is NCc1ccc(Nc2cccc(C(F)(F)F)c2)nc1. The van der Waals surface area contributed by atoms with Crippen molar-refractivity contribution in [3.63, 3.8) is 0 Å². The zero-order valence-corrected chi connectivity index (χ0v) is 9.91. The van der Waals surface area contributed by atoms with E-state index in [0.29, 0.717) is 18.1 Å². The number of benzene rings is 1. The highest BCUT2D eigenvalue weighted by Gasteiger charge is 2.30. The van der Waals surface area contributed by atoms with Gasteiger partial charge in [-0.3, -0.25) is 0 Å². The molecular weight excluding hydrogens is 255 g/mol. The van der Waals surface area contributed by atoms with Gasteiger partial charge in [0.25, 0.3) is 0 Å². The molecule has 0 aliphatic rings. The van der Waals surface area contributed by atoms with Crippen LogP contribution in [-0.2, 0) is 12.7 Å². The number of halogens is 3. The van der Waals surface area contributed by atoms with Gasteiger partial charge < -0.3 is 11.1 Å². The summed E-state index contributed by atoms with van der Waals surface area (Å²) in [6.45, 7) is 0.372. The predicted molar refractivity (Wildman–Crippen MR) is 66.9 cm³/mol. The Morgan fingerprint density at radius 1 is 1.16 bits per heavy atom. The molecular formula is C13H12F3N3. The number of nitrogens with zero attached hydrogens (tertiary/aromatic N) is 1. The maximum absolute atomic E-state index is 12.5. The second-order valence-corrected chi connectivity index (χ2v) is 3.96. The molecule has 19 heavy (non-hydrogen) atoms. The van der Waals surface area contributed by atoms with Crippen molar-refractivity contribution in [2.24, 2.45) is 5.73 Å². The molecule has 2 aromatic rings. The van der Waals surface area contributed by atoms with E-state index in [-0.39, 0.29) is 0 Å². The topological polar surface area (TPSA) is 50.9 Å². The predicted octanol–water partition coefficient (Wildman–Crippen LogP) is 3.30. The summed E-state index contributed by atoms with van der Waals surface area (Å²) in [4.78, 5) is 4.06. The number of rotatable bonds is 3. The average Bonchev–Trinajstić information content (AvgIpc) is 2.39. The fourth-order valence-corrected chi connectivity index (χ4v) is 1.54. The number of alkyl halides is 3. The van der Waals surface area contributed by atoms with E-state index in [2.05, 4.69) is 10.3 Å². The Hall–Kier alpha value is -2.08. The average molecular weight is 267 g/mol. The molecule has 0 amide bonds. The lowest BCUT2D eigenvalue weighted by atomic mass is 10.2. The number of anilines is 2. The molecule has 0 saturated carbocycles. The third kappa shape index (κ3) is 3.45. The van der Waals surface area contributed by atoms with Gasteiger partial charge in [0, 0.05) is 18.4 Å². The summed E-state index contributed by atoms with van der Waals surface area (Å²) in [5.74, 6) is 0.469. The molecule has 3 nitrogen and oxygen atoms in total. The van der Waals surface area contributed by atoms with Gasteiger partial charge in [-0.2, -0.15) is 13.2 Å². The maximum atomic E-state index is 12.5. The molecule has 0 spiro atoms. The minimum atomic E-state index is -4.35. The van der Waals surface area contributed by atoms with E-state index in [1.54, 1.807) is 24.4 Å². The Morgan fingerprint density at radius 2 is 1.95 bits per heavy atom. The second-order valence-electron chi connectivity index (χ2n) is 3.96.